The van der Waals surface area contributed by atoms with Crippen molar-refractivity contribution >= 4 is 11.7 Å². The Bertz CT molecular complexity index is 646. The monoisotopic (exact) mass is 325 g/mol. The number of hydrogen-bond donors (Lipinski definition) is 0. The topological polar surface area (TPSA) is 63.5 Å². The van der Waals surface area contributed by atoms with Crippen molar-refractivity contribution in [3.63, 3.8) is 0 Å². The maximum Gasteiger partial charge on any atom is 0.227 e. The Hall–Kier alpha value is -2.13. The van der Waals surface area contributed by atoms with Gasteiger partial charge in [0, 0.05) is 44.8 Å². The minimum absolute atomic E-state index is 0.112. The average Bonchev–Trinajstić information content (AvgIpc) is 3.32. The molecular formula is C18H23N5O. The van der Waals surface area contributed by atoms with Gasteiger partial charge in [-0.2, -0.15) is 5.26 Å². The number of nitriles is 1. The zero-order valence-electron chi connectivity index (χ0n) is 13.9. The largest absolute Gasteiger partial charge is 0.355 e. The van der Waals surface area contributed by atoms with E-state index >= 15 is 0 Å². The Morgan fingerprint density at radius 1 is 1.17 bits per heavy atom. The van der Waals surface area contributed by atoms with Gasteiger partial charge in [-0.3, -0.25) is 4.79 Å². The lowest BCUT2D eigenvalue weighted by molar-refractivity contribution is -0.130. The summed E-state index contributed by atoms with van der Waals surface area (Å²) in [6.07, 6.45) is 4.20. The maximum atomic E-state index is 12.7. The predicted molar refractivity (Wildman–Crippen MR) is 90.4 cm³/mol. The molecule has 3 fully saturated rings. The second-order valence-corrected chi connectivity index (χ2v) is 7.12. The Labute approximate surface area is 142 Å². The number of anilines is 1. The van der Waals surface area contributed by atoms with E-state index < -0.39 is 0 Å². The van der Waals surface area contributed by atoms with E-state index in [-0.39, 0.29) is 5.92 Å². The van der Waals surface area contributed by atoms with Gasteiger partial charge in [0.2, 0.25) is 5.91 Å². The Kier molecular flexibility index (Phi) is 4.11. The van der Waals surface area contributed by atoms with Crippen LogP contribution in [0.3, 0.4) is 0 Å². The van der Waals surface area contributed by atoms with E-state index in [1.54, 1.807) is 12.3 Å². The molecule has 4 rings (SSSR count). The maximum absolute atomic E-state index is 12.7. The van der Waals surface area contributed by atoms with Gasteiger partial charge in [0.05, 0.1) is 11.5 Å². The Morgan fingerprint density at radius 3 is 2.67 bits per heavy atom. The van der Waals surface area contributed by atoms with Crippen LogP contribution in [-0.2, 0) is 4.79 Å². The van der Waals surface area contributed by atoms with E-state index in [0.29, 0.717) is 17.4 Å². The lowest BCUT2D eigenvalue weighted by atomic mass is 10.0. The summed E-state index contributed by atoms with van der Waals surface area (Å²) in [5.41, 5.74) is 0.572. The number of fused-ring (bicyclic) bond motifs is 1. The van der Waals surface area contributed by atoms with Crippen molar-refractivity contribution < 1.29 is 4.79 Å². The zero-order chi connectivity index (χ0) is 16.5. The molecule has 4 heterocycles. The van der Waals surface area contributed by atoms with Crippen LogP contribution < -0.4 is 4.90 Å². The minimum Gasteiger partial charge on any atom is -0.355 e. The van der Waals surface area contributed by atoms with Gasteiger partial charge in [0.25, 0.3) is 0 Å². The Morgan fingerprint density at radius 2 is 2.00 bits per heavy atom. The second-order valence-electron chi connectivity index (χ2n) is 7.12. The molecule has 0 N–H and O–H groups in total. The number of likely N-dealkylation sites (tertiary alicyclic amines) is 2. The number of carbonyl (C=O) groups is 1. The number of amides is 1. The molecule has 0 unspecified atom stereocenters. The average molecular weight is 325 g/mol. The summed E-state index contributed by atoms with van der Waals surface area (Å²) in [7, 11) is 0. The van der Waals surface area contributed by atoms with Crippen molar-refractivity contribution in [2.75, 3.05) is 50.7 Å². The molecule has 6 nitrogen and oxygen atoms in total. The van der Waals surface area contributed by atoms with E-state index in [2.05, 4.69) is 25.8 Å². The fraction of sp³-hybridized carbons (Fsp3) is 0.611. The molecule has 2 atom stereocenters. The summed E-state index contributed by atoms with van der Waals surface area (Å²) < 4.78 is 0. The van der Waals surface area contributed by atoms with E-state index in [0.717, 1.165) is 38.5 Å². The van der Waals surface area contributed by atoms with Crippen molar-refractivity contribution in [2.24, 2.45) is 11.8 Å². The first kappa shape index (κ1) is 15.4. The highest BCUT2D eigenvalue weighted by Crippen LogP contribution is 2.34. The summed E-state index contributed by atoms with van der Waals surface area (Å²) >= 11 is 0. The highest BCUT2D eigenvalue weighted by Gasteiger charge is 2.46. The molecule has 3 aliphatic rings. The van der Waals surface area contributed by atoms with Crippen LogP contribution in [0.5, 0.6) is 0 Å². The van der Waals surface area contributed by atoms with Crippen LogP contribution in [0.2, 0.25) is 0 Å². The van der Waals surface area contributed by atoms with Gasteiger partial charge < -0.3 is 14.7 Å². The van der Waals surface area contributed by atoms with Crippen molar-refractivity contribution in [2.45, 2.75) is 12.8 Å². The number of hydrogen-bond acceptors (Lipinski definition) is 5. The number of nitrogens with zero attached hydrogens (tertiary/aromatic N) is 5. The van der Waals surface area contributed by atoms with Crippen molar-refractivity contribution in [3.05, 3.63) is 23.9 Å². The van der Waals surface area contributed by atoms with Gasteiger partial charge >= 0.3 is 0 Å². The molecule has 24 heavy (non-hydrogen) atoms. The molecular weight excluding hydrogens is 302 g/mol. The molecule has 0 aliphatic carbocycles. The van der Waals surface area contributed by atoms with Gasteiger partial charge in [0.15, 0.2) is 0 Å². The number of aromatic nitrogens is 1. The summed E-state index contributed by atoms with van der Waals surface area (Å²) in [6.45, 7) is 6.79. The molecule has 0 aromatic carbocycles. The fourth-order valence-electron chi connectivity index (χ4n) is 4.24. The van der Waals surface area contributed by atoms with Crippen LogP contribution in [-0.4, -0.2) is 66.5 Å². The first-order valence-corrected chi connectivity index (χ1v) is 8.87. The standard InChI is InChI=1S/C18H23N5O/c19-9-14-3-4-17(20-10-14)23-12-15-11-22(18(24)16(15)13-23)8-7-21-5-1-2-6-21/h3-4,10,15-16H,1-2,5-8,11-13H2/t15-,16+/m0/s1. The van der Waals surface area contributed by atoms with Crippen LogP contribution in [0, 0.1) is 23.2 Å². The predicted octanol–water partition coefficient (Wildman–Crippen LogP) is 0.944. The van der Waals surface area contributed by atoms with Gasteiger partial charge in [-0.1, -0.05) is 0 Å². The number of pyridine rings is 1. The molecule has 0 spiro atoms. The highest BCUT2D eigenvalue weighted by molar-refractivity contribution is 5.83. The first-order chi connectivity index (χ1) is 11.7. The summed E-state index contributed by atoms with van der Waals surface area (Å²) in [5.74, 6) is 1.71. The molecule has 0 radical (unpaired) electrons. The summed E-state index contributed by atoms with van der Waals surface area (Å²) in [4.78, 5) is 23.8. The van der Waals surface area contributed by atoms with Gasteiger partial charge in [-0.25, -0.2) is 4.98 Å². The Balaban J connectivity index is 1.34. The molecule has 3 aliphatic heterocycles. The number of carbonyl (C=O) groups excluding carboxylic acids is 1. The third kappa shape index (κ3) is 2.84. The zero-order valence-corrected chi connectivity index (χ0v) is 13.9. The lowest BCUT2D eigenvalue weighted by Gasteiger charge is -2.24. The molecule has 1 amide bonds. The molecule has 1 aromatic heterocycles. The van der Waals surface area contributed by atoms with E-state index in [9.17, 15) is 4.79 Å². The first-order valence-electron chi connectivity index (χ1n) is 8.87. The molecule has 6 heteroatoms. The smallest absolute Gasteiger partial charge is 0.227 e. The van der Waals surface area contributed by atoms with Crippen molar-refractivity contribution in [3.8, 4) is 6.07 Å². The van der Waals surface area contributed by atoms with Crippen LogP contribution in [0.25, 0.3) is 0 Å². The molecule has 1 aromatic rings. The van der Waals surface area contributed by atoms with Crippen LogP contribution in [0.15, 0.2) is 18.3 Å². The number of rotatable bonds is 4. The third-order valence-corrected chi connectivity index (χ3v) is 5.61. The normalized spacial score (nSPS) is 26.9. The van der Waals surface area contributed by atoms with E-state index in [4.69, 9.17) is 5.26 Å². The molecule has 3 saturated heterocycles. The minimum atomic E-state index is 0.112. The van der Waals surface area contributed by atoms with E-state index in [1.807, 2.05) is 6.07 Å². The highest BCUT2D eigenvalue weighted by atomic mass is 16.2. The quantitative estimate of drug-likeness (QED) is 0.824. The van der Waals surface area contributed by atoms with Gasteiger partial charge in [-0.15, -0.1) is 0 Å². The van der Waals surface area contributed by atoms with Crippen molar-refractivity contribution in [1.29, 1.82) is 5.26 Å². The van der Waals surface area contributed by atoms with Gasteiger partial charge in [0.1, 0.15) is 11.9 Å². The van der Waals surface area contributed by atoms with E-state index in [1.165, 1.54) is 25.9 Å². The molecule has 126 valence electrons. The van der Waals surface area contributed by atoms with Gasteiger partial charge in [-0.05, 0) is 38.1 Å². The van der Waals surface area contributed by atoms with Crippen LogP contribution >= 0.6 is 0 Å². The molecule has 0 bridgehead atoms. The third-order valence-electron chi connectivity index (χ3n) is 5.61. The fourth-order valence-corrected chi connectivity index (χ4v) is 4.24. The van der Waals surface area contributed by atoms with Crippen LogP contribution in [0.1, 0.15) is 18.4 Å². The van der Waals surface area contributed by atoms with Crippen molar-refractivity contribution in [1.82, 2.24) is 14.8 Å². The summed E-state index contributed by atoms with van der Waals surface area (Å²) in [6, 6.07) is 5.77. The SMILES string of the molecule is N#Cc1ccc(N2C[C@@H]3CN(CCN4CCCC4)C(=O)[C@@H]3C2)nc1. The lowest BCUT2D eigenvalue weighted by Crippen LogP contribution is -2.38. The molecule has 0 saturated carbocycles. The second kappa shape index (κ2) is 6.40. The summed E-state index contributed by atoms with van der Waals surface area (Å²) in [5, 5.41) is 8.86. The van der Waals surface area contributed by atoms with Crippen LogP contribution in [0.4, 0.5) is 5.82 Å².